The summed E-state index contributed by atoms with van der Waals surface area (Å²) in [7, 11) is 0. The zero-order valence-corrected chi connectivity index (χ0v) is 28.1. The van der Waals surface area contributed by atoms with E-state index in [4.69, 9.17) is 11.6 Å². The van der Waals surface area contributed by atoms with Gasteiger partial charge in [-0.3, -0.25) is 19.5 Å². The number of fused-ring (bicyclic) bond motifs is 4. The molecule has 11 nitrogen and oxygen atoms in total. The number of hydrogen-bond donors (Lipinski definition) is 3. The molecule has 3 N–H and O–H groups in total. The van der Waals surface area contributed by atoms with Crippen molar-refractivity contribution < 1.29 is 14.7 Å². The van der Waals surface area contributed by atoms with E-state index in [-0.39, 0.29) is 34.0 Å². The van der Waals surface area contributed by atoms with Crippen LogP contribution in [0.25, 0.3) is 27.6 Å². The van der Waals surface area contributed by atoms with Crippen molar-refractivity contribution in [2.24, 2.45) is 20.5 Å². The third kappa shape index (κ3) is 5.74. The maximum absolute atomic E-state index is 13.6. The second-order valence-electron chi connectivity index (χ2n) is 12.0. The lowest BCUT2D eigenvalue weighted by Crippen LogP contribution is -2.13. The number of phenols is 1. The van der Waals surface area contributed by atoms with Gasteiger partial charge in [0.2, 0.25) is 0 Å². The quantitative estimate of drug-likeness (QED) is 0.141. The van der Waals surface area contributed by atoms with Crippen LogP contribution in [-0.4, -0.2) is 26.6 Å². The third-order valence-corrected chi connectivity index (χ3v) is 9.06. The van der Waals surface area contributed by atoms with Crippen LogP contribution in [0.1, 0.15) is 32.0 Å². The minimum absolute atomic E-state index is 0.00589. The fraction of sp³-hybridized carbons (Fsp3) is 0.0250. The smallest absolute Gasteiger partial charge is 0.299 e. The molecule has 52 heavy (non-hydrogen) atoms. The molecule has 0 radical (unpaired) electrons. The molecule has 0 spiro atoms. The molecular weight excluding hydrogens is 678 g/mol. The van der Waals surface area contributed by atoms with Crippen LogP contribution >= 0.6 is 11.6 Å². The average molecular weight is 704 g/mol. The SMILES string of the molecule is Cc1[nH]n(-c2ccccc2)c(=O)c1N=Nc1ccc2c(c1)C(=O)c1cc(N=Nc3c(O)c(C(=O)Nc4ccccc4Cl)cc4ccccc34)ccc1-2. The Morgan fingerprint density at radius 1 is 0.712 bits per heavy atom. The Kier molecular flexibility index (Phi) is 8.09. The molecule has 6 aromatic carbocycles. The monoisotopic (exact) mass is 703 g/mol. The van der Waals surface area contributed by atoms with Crippen LogP contribution in [0.2, 0.25) is 5.02 Å². The Hall–Kier alpha value is -6.98. The van der Waals surface area contributed by atoms with Crippen molar-refractivity contribution in [1.82, 2.24) is 9.78 Å². The summed E-state index contributed by atoms with van der Waals surface area (Å²) in [6.45, 7) is 1.74. The van der Waals surface area contributed by atoms with Gasteiger partial charge in [0.15, 0.2) is 17.2 Å². The molecule has 0 atom stereocenters. The third-order valence-electron chi connectivity index (χ3n) is 8.73. The van der Waals surface area contributed by atoms with Gasteiger partial charge in [-0.05, 0) is 78.0 Å². The fourth-order valence-corrected chi connectivity index (χ4v) is 6.34. The summed E-state index contributed by atoms with van der Waals surface area (Å²) in [6.07, 6.45) is 0. The van der Waals surface area contributed by atoms with Gasteiger partial charge in [0, 0.05) is 16.5 Å². The highest BCUT2D eigenvalue weighted by Crippen LogP contribution is 2.42. The molecule has 8 rings (SSSR count). The Balaban J connectivity index is 1.07. The van der Waals surface area contributed by atoms with Crippen LogP contribution in [0.5, 0.6) is 5.75 Å². The molecule has 1 aliphatic rings. The van der Waals surface area contributed by atoms with Gasteiger partial charge in [-0.25, -0.2) is 4.68 Å². The first kappa shape index (κ1) is 32.2. The van der Waals surface area contributed by atoms with Crippen molar-refractivity contribution in [3.8, 4) is 22.6 Å². The van der Waals surface area contributed by atoms with Crippen molar-refractivity contribution in [2.75, 3.05) is 5.32 Å². The number of ketones is 1. The average Bonchev–Trinajstić information content (AvgIpc) is 3.61. The lowest BCUT2D eigenvalue weighted by atomic mass is 10.0. The number of anilines is 1. The number of carbonyl (C=O) groups excluding carboxylic acids is 2. The largest absolute Gasteiger partial charge is 0.505 e. The number of nitrogens with one attached hydrogen (secondary N) is 2. The van der Waals surface area contributed by atoms with Crippen LogP contribution in [0, 0.1) is 6.92 Å². The maximum Gasteiger partial charge on any atom is 0.299 e. The molecule has 0 aliphatic heterocycles. The van der Waals surface area contributed by atoms with E-state index in [1.54, 1.807) is 91.9 Å². The highest BCUT2D eigenvalue weighted by atomic mass is 35.5. The molecule has 1 heterocycles. The number of amides is 1. The van der Waals surface area contributed by atoms with E-state index in [9.17, 15) is 19.5 Å². The second kappa shape index (κ2) is 13.0. The van der Waals surface area contributed by atoms with Gasteiger partial charge in [0.25, 0.3) is 11.5 Å². The zero-order valence-electron chi connectivity index (χ0n) is 27.3. The Morgan fingerprint density at radius 3 is 2.02 bits per heavy atom. The van der Waals surface area contributed by atoms with Crippen molar-refractivity contribution in [2.45, 2.75) is 6.92 Å². The zero-order chi connectivity index (χ0) is 35.9. The Bertz CT molecular complexity index is 2720. The fourth-order valence-electron chi connectivity index (χ4n) is 6.15. The number of aromatic hydroxyl groups is 1. The minimum atomic E-state index is -0.569. The van der Waals surface area contributed by atoms with Crippen LogP contribution in [0.4, 0.5) is 28.4 Å². The number of aryl methyl sites for hydroxylation is 1. The van der Waals surface area contributed by atoms with Gasteiger partial charge in [-0.2, -0.15) is 10.2 Å². The van der Waals surface area contributed by atoms with E-state index in [0.29, 0.717) is 55.4 Å². The number of azo groups is 2. The first-order chi connectivity index (χ1) is 25.3. The molecule has 1 aromatic heterocycles. The summed E-state index contributed by atoms with van der Waals surface area (Å²) in [5.41, 5.74) is 4.63. The summed E-state index contributed by atoms with van der Waals surface area (Å²) in [5.74, 6) is -1.15. The molecule has 7 aromatic rings. The molecule has 12 heteroatoms. The lowest BCUT2D eigenvalue weighted by Gasteiger charge is -2.12. The molecule has 0 fully saturated rings. The number of aromatic nitrogens is 2. The minimum Gasteiger partial charge on any atom is -0.505 e. The highest BCUT2D eigenvalue weighted by molar-refractivity contribution is 6.34. The van der Waals surface area contributed by atoms with Gasteiger partial charge in [-0.15, -0.1) is 10.2 Å². The number of H-pyrrole nitrogens is 1. The molecular formula is C40H26ClN7O4. The second-order valence-corrected chi connectivity index (χ2v) is 12.4. The van der Waals surface area contributed by atoms with Crippen molar-refractivity contribution >= 4 is 62.5 Å². The molecule has 252 valence electrons. The number of rotatable bonds is 7. The molecule has 0 saturated heterocycles. The molecule has 0 unspecified atom stereocenters. The summed E-state index contributed by atoms with van der Waals surface area (Å²) in [5, 5.41) is 35.9. The molecule has 1 aliphatic carbocycles. The van der Waals surface area contributed by atoms with Crippen LogP contribution in [-0.2, 0) is 0 Å². The Morgan fingerprint density at radius 2 is 1.33 bits per heavy atom. The molecule has 0 saturated carbocycles. The van der Waals surface area contributed by atoms with E-state index < -0.39 is 5.91 Å². The number of carbonyl (C=O) groups is 2. The van der Waals surface area contributed by atoms with Gasteiger partial charge >= 0.3 is 0 Å². The van der Waals surface area contributed by atoms with Crippen molar-refractivity contribution in [3.63, 3.8) is 0 Å². The summed E-state index contributed by atoms with van der Waals surface area (Å²) in [4.78, 5) is 40.0. The summed E-state index contributed by atoms with van der Waals surface area (Å²) in [6, 6.07) is 35.0. The highest BCUT2D eigenvalue weighted by Gasteiger charge is 2.27. The number of nitrogens with zero attached hydrogens (tertiary/aromatic N) is 5. The van der Waals surface area contributed by atoms with E-state index in [0.717, 1.165) is 11.1 Å². The number of para-hydroxylation sites is 2. The maximum atomic E-state index is 13.6. The standard InChI is InChI=1S/C40H26ClN7O4/c1-22-35(40(52)48(47-22)26-10-3-2-4-11-26)45-43-24-15-17-28-29-18-16-25(21-31(29)37(49)30(28)20-24)44-46-36-27-12-6-5-9-23(27)19-32(38(36)50)39(51)42-34-14-8-7-13-33(34)41/h2-21,47,50H,1H3,(H,42,51). The normalized spacial score (nSPS) is 12.2. The van der Waals surface area contributed by atoms with Crippen LogP contribution < -0.4 is 10.9 Å². The van der Waals surface area contributed by atoms with E-state index in [1.807, 2.05) is 36.4 Å². The number of halogens is 1. The van der Waals surface area contributed by atoms with E-state index in [2.05, 4.69) is 30.9 Å². The van der Waals surface area contributed by atoms with Gasteiger partial charge in [0.1, 0.15) is 5.69 Å². The topological polar surface area (TPSA) is 154 Å². The number of hydrogen-bond acceptors (Lipinski definition) is 8. The van der Waals surface area contributed by atoms with Gasteiger partial charge in [-0.1, -0.05) is 78.3 Å². The Labute approximate surface area is 300 Å². The first-order valence-corrected chi connectivity index (χ1v) is 16.5. The van der Waals surface area contributed by atoms with Crippen LogP contribution in [0.3, 0.4) is 0 Å². The molecule has 0 bridgehead atoms. The van der Waals surface area contributed by atoms with Crippen molar-refractivity contribution in [3.05, 3.63) is 159 Å². The van der Waals surface area contributed by atoms with Crippen molar-refractivity contribution in [1.29, 1.82) is 0 Å². The first-order valence-electron chi connectivity index (χ1n) is 16.1. The molecule has 1 amide bonds. The predicted molar refractivity (Wildman–Crippen MR) is 200 cm³/mol. The van der Waals surface area contributed by atoms with Gasteiger partial charge < -0.3 is 10.4 Å². The van der Waals surface area contributed by atoms with E-state index in [1.165, 1.54) is 4.68 Å². The number of benzene rings is 6. The number of aromatic amines is 1. The number of phenolic OH excluding ortho intramolecular Hbond substituents is 1. The van der Waals surface area contributed by atoms with Crippen LogP contribution in [0.15, 0.2) is 147 Å². The lowest BCUT2D eigenvalue weighted by molar-refractivity contribution is 0.102. The summed E-state index contributed by atoms with van der Waals surface area (Å²) >= 11 is 6.24. The van der Waals surface area contributed by atoms with E-state index >= 15 is 0 Å². The summed E-state index contributed by atoms with van der Waals surface area (Å²) < 4.78 is 1.40. The predicted octanol–water partition coefficient (Wildman–Crippen LogP) is 10.3. The van der Waals surface area contributed by atoms with Gasteiger partial charge in [0.05, 0.1) is 39.0 Å².